The number of barbiturate groups is 1. The first-order valence-corrected chi connectivity index (χ1v) is 8.90. The molecule has 1 aliphatic heterocycles. The second-order valence-electron chi connectivity index (χ2n) is 6.32. The molecule has 9 heteroatoms. The molecule has 2 aromatic rings. The van der Waals surface area contributed by atoms with Crippen molar-refractivity contribution in [1.29, 1.82) is 0 Å². The Morgan fingerprint density at radius 2 is 1.60 bits per heavy atom. The molecule has 4 amide bonds. The van der Waals surface area contributed by atoms with Crippen molar-refractivity contribution in [1.82, 2.24) is 5.32 Å². The highest BCUT2D eigenvalue weighted by Gasteiger charge is 2.43. The predicted molar refractivity (Wildman–Crippen MR) is 110 cm³/mol. The SMILES string of the molecule is C=C(Nc1ccc(OC)cc1OC)[C@H]1C(=O)NC(=O)N(c2ccc(OC)cc2)C1=O. The zero-order chi connectivity index (χ0) is 21.8. The number of urea groups is 1. The lowest BCUT2D eigenvalue weighted by Crippen LogP contribution is -2.59. The molecular weight excluding hydrogens is 390 g/mol. The van der Waals surface area contributed by atoms with Crippen molar-refractivity contribution in [2.24, 2.45) is 5.92 Å². The van der Waals surface area contributed by atoms with E-state index >= 15 is 0 Å². The van der Waals surface area contributed by atoms with E-state index < -0.39 is 23.8 Å². The van der Waals surface area contributed by atoms with E-state index in [2.05, 4.69) is 17.2 Å². The van der Waals surface area contributed by atoms with Gasteiger partial charge in [-0.3, -0.25) is 14.9 Å². The molecule has 0 aliphatic carbocycles. The van der Waals surface area contributed by atoms with Crippen molar-refractivity contribution in [2.45, 2.75) is 0 Å². The van der Waals surface area contributed by atoms with Crippen molar-refractivity contribution in [3.05, 3.63) is 54.7 Å². The van der Waals surface area contributed by atoms with E-state index in [1.807, 2.05) is 0 Å². The second kappa shape index (κ2) is 8.56. The minimum absolute atomic E-state index is 0.0898. The van der Waals surface area contributed by atoms with Crippen LogP contribution >= 0.6 is 0 Å². The highest BCUT2D eigenvalue weighted by Crippen LogP contribution is 2.32. The van der Waals surface area contributed by atoms with Gasteiger partial charge in [-0.1, -0.05) is 6.58 Å². The lowest BCUT2D eigenvalue weighted by molar-refractivity contribution is -0.132. The normalized spacial score (nSPS) is 16.0. The van der Waals surface area contributed by atoms with Gasteiger partial charge in [-0.2, -0.15) is 0 Å². The number of anilines is 2. The van der Waals surface area contributed by atoms with Gasteiger partial charge in [0.15, 0.2) is 5.92 Å². The molecule has 2 N–H and O–H groups in total. The van der Waals surface area contributed by atoms with Crippen LogP contribution in [-0.2, 0) is 9.59 Å². The van der Waals surface area contributed by atoms with Gasteiger partial charge >= 0.3 is 6.03 Å². The molecule has 0 spiro atoms. The summed E-state index contributed by atoms with van der Waals surface area (Å²) in [5.74, 6) is -1.24. The number of carbonyl (C=O) groups excluding carboxylic acids is 3. The largest absolute Gasteiger partial charge is 0.497 e. The fourth-order valence-corrected chi connectivity index (χ4v) is 3.00. The average molecular weight is 411 g/mol. The van der Waals surface area contributed by atoms with Crippen molar-refractivity contribution >= 4 is 29.2 Å². The van der Waals surface area contributed by atoms with Gasteiger partial charge in [0, 0.05) is 11.8 Å². The molecule has 0 unspecified atom stereocenters. The number of benzene rings is 2. The second-order valence-corrected chi connectivity index (χ2v) is 6.32. The summed E-state index contributed by atoms with van der Waals surface area (Å²) < 4.78 is 15.6. The summed E-state index contributed by atoms with van der Waals surface area (Å²) in [7, 11) is 4.51. The summed E-state index contributed by atoms with van der Waals surface area (Å²) in [4.78, 5) is 38.7. The van der Waals surface area contributed by atoms with Crippen molar-refractivity contribution in [3.63, 3.8) is 0 Å². The van der Waals surface area contributed by atoms with Crippen LogP contribution in [-0.4, -0.2) is 39.2 Å². The Balaban J connectivity index is 1.87. The Morgan fingerprint density at radius 1 is 0.967 bits per heavy atom. The standard InChI is InChI=1S/C21H21N3O6/c1-12(22-16-10-9-15(29-3)11-17(16)30-4)18-19(25)23-21(27)24(20(18)26)13-5-7-14(28-2)8-6-13/h5-11,18,22H,1H2,2-4H3,(H,23,25,27)/t18-/m0/s1. The Bertz CT molecular complexity index is 1000. The Kier molecular flexibility index (Phi) is 5.91. The number of imide groups is 2. The third kappa shape index (κ3) is 3.90. The summed E-state index contributed by atoms with van der Waals surface area (Å²) in [5, 5.41) is 5.13. The molecule has 1 heterocycles. The average Bonchev–Trinajstić information content (AvgIpc) is 2.74. The summed E-state index contributed by atoms with van der Waals surface area (Å²) in [6.45, 7) is 3.84. The van der Waals surface area contributed by atoms with Gasteiger partial charge < -0.3 is 19.5 Å². The molecule has 1 atom stereocenters. The number of hydrogen-bond donors (Lipinski definition) is 2. The predicted octanol–water partition coefficient (Wildman–Crippen LogP) is 2.54. The molecule has 2 aromatic carbocycles. The van der Waals surface area contributed by atoms with Crippen molar-refractivity contribution in [3.8, 4) is 17.2 Å². The van der Waals surface area contributed by atoms with Crippen LogP contribution in [0.25, 0.3) is 0 Å². The number of ether oxygens (including phenoxy) is 3. The van der Waals surface area contributed by atoms with Gasteiger partial charge in [0.1, 0.15) is 17.2 Å². The fraction of sp³-hybridized carbons (Fsp3) is 0.190. The van der Waals surface area contributed by atoms with Gasteiger partial charge in [0.05, 0.1) is 32.7 Å². The first-order chi connectivity index (χ1) is 14.4. The maximum Gasteiger partial charge on any atom is 0.335 e. The topological polar surface area (TPSA) is 106 Å². The molecule has 9 nitrogen and oxygen atoms in total. The monoisotopic (exact) mass is 411 g/mol. The number of nitrogens with one attached hydrogen (secondary N) is 2. The molecule has 3 rings (SSSR count). The molecule has 156 valence electrons. The van der Waals surface area contributed by atoms with Gasteiger partial charge in [0.25, 0.3) is 5.91 Å². The third-order valence-corrected chi connectivity index (χ3v) is 4.55. The number of amides is 4. The molecule has 1 saturated heterocycles. The first kappa shape index (κ1) is 20.7. The number of carbonyl (C=O) groups is 3. The number of rotatable bonds is 7. The van der Waals surface area contributed by atoms with E-state index in [4.69, 9.17) is 14.2 Å². The zero-order valence-electron chi connectivity index (χ0n) is 16.7. The number of methoxy groups -OCH3 is 3. The summed E-state index contributed by atoms with van der Waals surface area (Å²) in [6.07, 6.45) is 0. The van der Waals surface area contributed by atoms with Crippen LogP contribution in [0, 0.1) is 5.92 Å². The van der Waals surface area contributed by atoms with Crippen LogP contribution < -0.4 is 29.7 Å². The maximum atomic E-state index is 13.0. The van der Waals surface area contributed by atoms with E-state index in [9.17, 15) is 14.4 Å². The Hall–Kier alpha value is -4.01. The Morgan fingerprint density at radius 3 is 2.20 bits per heavy atom. The maximum absolute atomic E-state index is 13.0. The quantitative estimate of drug-likeness (QED) is 0.675. The Labute approximate surface area is 173 Å². The lowest BCUT2D eigenvalue weighted by Gasteiger charge is -2.31. The molecule has 0 saturated carbocycles. The highest BCUT2D eigenvalue weighted by molar-refractivity contribution is 6.29. The molecule has 1 fully saturated rings. The van der Waals surface area contributed by atoms with Crippen LogP contribution in [0.1, 0.15) is 0 Å². The highest BCUT2D eigenvalue weighted by atomic mass is 16.5. The van der Waals surface area contributed by atoms with Crippen molar-refractivity contribution < 1.29 is 28.6 Å². The summed E-state index contributed by atoms with van der Waals surface area (Å²) in [6, 6.07) is 10.5. The minimum Gasteiger partial charge on any atom is -0.497 e. The molecular formula is C21H21N3O6. The van der Waals surface area contributed by atoms with Crippen LogP contribution in [0.15, 0.2) is 54.7 Å². The minimum atomic E-state index is -1.32. The number of nitrogens with zero attached hydrogens (tertiary/aromatic N) is 1. The van der Waals surface area contributed by atoms with Crippen LogP contribution in [0.2, 0.25) is 0 Å². The fourth-order valence-electron chi connectivity index (χ4n) is 3.00. The van der Waals surface area contributed by atoms with E-state index in [1.54, 1.807) is 42.5 Å². The van der Waals surface area contributed by atoms with Gasteiger partial charge in [-0.25, -0.2) is 9.69 Å². The third-order valence-electron chi connectivity index (χ3n) is 4.55. The van der Waals surface area contributed by atoms with Gasteiger partial charge in [-0.15, -0.1) is 0 Å². The van der Waals surface area contributed by atoms with Gasteiger partial charge in [0.2, 0.25) is 5.91 Å². The molecule has 1 aliphatic rings. The van der Waals surface area contributed by atoms with E-state index in [0.717, 1.165) is 4.90 Å². The van der Waals surface area contributed by atoms with E-state index in [-0.39, 0.29) is 5.70 Å². The van der Waals surface area contributed by atoms with E-state index in [0.29, 0.717) is 28.6 Å². The van der Waals surface area contributed by atoms with Crippen LogP contribution in [0.4, 0.5) is 16.2 Å². The molecule has 0 bridgehead atoms. The smallest absolute Gasteiger partial charge is 0.335 e. The first-order valence-electron chi connectivity index (χ1n) is 8.90. The van der Waals surface area contributed by atoms with Crippen molar-refractivity contribution in [2.75, 3.05) is 31.5 Å². The summed E-state index contributed by atoms with van der Waals surface area (Å²) >= 11 is 0. The molecule has 0 aromatic heterocycles. The lowest BCUT2D eigenvalue weighted by atomic mass is 10.0. The van der Waals surface area contributed by atoms with Gasteiger partial charge in [-0.05, 0) is 36.4 Å². The summed E-state index contributed by atoms with van der Waals surface area (Å²) in [5.41, 5.74) is 0.870. The zero-order valence-corrected chi connectivity index (χ0v) is 16.7. The number of hydrogen-bond acceptors (Lipinski definition) is 7. The van der Waals surface area contributed by atoms with Crippen LogP contribution in [0.3, 0.4) is 0 Å². The van der Waals surface area contributed by atoms with Crippen LogP contribution in [0.5, 0.6) is 17.2 Å². The molecule has 0 radical (unpaired) electrons. The molecule has 30 heavy (non-hydrogen) atoms. The van der Waals surface area contributed by atoms with E-state index in [1.165, 1.54) is 21.3 Å².